The Morgan fingerprint density at radius 2 is 1.60 bits per heavy atom. The first-order chi connectivity index (χ1) is 12.2. The molecule has 0 atom stereocenters. The Morgan fingerprint density at radius 3 is 2.28 bits per heavy atom. The van der Waals surface area contributed by atoms with E-state index in [0.29, 0.717) is 34.3 Å². The smallest absolute Gasteiger partial charge is 0.272 e. The van der Waals surface area contributed by atoms with Crippen LogP contribution in [0.2, 0.25) is 0 Å². The van der Waals surface area contributed by atoms with E-state index in [1.807, 2.05) is 50.2 Å². The number of amides is 2. The molecule has 4 nitrogen and oxygen atoms in total. The number of rotatable bonds is 6. The first-order valence-electron chi connectivity index (χ1n) is 8.22. The molecule has 3 rings (SSSR count). The fraction of sp³-hybridized carbons (Fsp3) is 0.200. The van der Waals surface area contributed by atoms with Crippen LogP contribution in [-0.4, -0.2) is 24.2 Å². The number of anilines is 1. The zero-order valence-corrected chi connectivity index (χ0v) is 15.0. The van der Waals surface area contributed by atoms with Crippen molar-refractivity contribution in [3.05, 3.63) is 65.1 Å². The summed E-state index contributed by atoms with van der Waals surface area (Å²) in [6, 6.07) is 16.5. The van der Waals surface area contributed by atoms with Crippen LogP contribution in [0.5, 0.6) is 5.75 Å². The van der Waals surface area contributed by atoms with Crippen molar-refractivity contribution in [1.29, 1.82) is 0 Å². The molecule has 1 aliphatic heterocycles. The lowest BCUT2D eigenvalue weighted by Gasteiger charge is -2.18. The van der Waals surface area contributed by atoms with Crippen LogP contribution in [0.1, 0.15) is 19.4 Å². The molecule has 0 spiro atoms. The Morgan fingerprint density at radius 1 is 0.920 bits per heavy atom. The third-order valence-electron chi connectivity index (χ3n) is 3.80. The van der Waals surface area contributed by atoms with Gasteiger partial charge in [-0.1, -0.05) is 49.4 Å². The van der Waals surface area contributed by atoms with E-state index in [4.69, 9.17) is 4.74 Å². The molecular weight excluding hydrogens is 334 g/mol. The second-order valence-electron chi connectivity index (χ2n) is 5.35. The third-order valence-corrected chi connectivity index (χ3v) is 4.75. The Kier molecular flexibility index (Phi) is 5.24. The summed E-state index contributed by atoms with van der Waals surface area (Å²) < 4.78 is 5.61. The minimum atomic E-state index is -0.306. The fourth-order valence-corrected chi connectivity index (χ4v) is 3.64. The first kappa shape index (κ1) is 17.3. The molecule has 0 fully saturated rings. The van der Waals surface area contributed by atoms with E-state index in [0.717, 1.165) is 5.56 Å². The topological polar surface area (TPSA) is 46.6 Å². The molecule has 0 unspecified atom stereocenters. The molecule has 0 radical (unpaired) electrons. The first-order valence-corrected chi connectivity index (χ1v) is 9.20. The van der Waals surface area contributed by atoms with E-state index >= 15 is 0 Å². The summed E-state index contributed by atoms with van der Waals surface area (Å²) in [6.45, 7) is 4.30. The lowest BCUT2D eigenvalue weighted by atomic mass is 10.1. The van der Waals surface area contributed by atoms with Crippen molar-refractivity contribution in [3.8, 4) is 5.75 Å². The highest BCUT2D eigenvalue weighted by molar-refractivity contribution is 8.04. The maximum Gasteiger partial charge on any atom is 0.272 e. The van der Waals surface area contributed by atoms with Crippen molar-refractivity contribution in [1.82, 2.24) is 0 Å². The van der Waals surface area contributed by atoms with Crippen LogP contribution in [-0.2, 0) is 9.59 Å². The van der Waals surface area contributed by atoms with Crippen LogP contribution in [0.3, 0.4) is 0 Å². The van der Waals surface area contributed by atoms with E-state index in [-0.39, 0.29) is 11.8 Å². The number of carbonyl (C=O) groups excluding carboxylic acids is 2. The molecule has 2 amide bonds. The number of imide groups is 1. The SMILES string of the molecule is CCOc1ccccc1N1C(=O)C(SCC)=C(c2ccccc2)C1=O. The van der Waals surface area contributed by atoms with Crippen molar-refractivity contribution in [2.24, 2.45) is 0 Å². The second-order valence-corrected chi connectivity index (χ2v) is 6.62. The van der Waals surface area contributed by atoms with Crippen LogP contribution < -0.4 is 9.64 Å². The van der Waals surface area contributed by atoms with E-state index < -0.39 is 0 Å². The minimum Gasteiger partial charge on any atom is -0.492 e. The van der Waals surface area contributed by atoms with Crippen molar-refractivity contribution in [3.63, 3.8) is 0 Å². The summed E-state index contributed by atoms with van der Waals surface area (Å²) in [5.41, 5.74) is 1.71. The van der Waals surface area contributed by atoms with Gasteiger partial charge in [0, 0.05) is 0 Å². The van der Waals surface area contributed by atoms with Gasteiger partial charge in [-0.3, -0.25) is 9.59 Å². The highest BCUT2D eigenvalue weighted by Gasteiger charge is 2.41. The molecule has 1 heterocycles. The van der Waals surface area contributed by atoms with Gasteiger partial charge in [0.2, 0.25) is 0 Å². The number of hydrogen-bond acceptors (Lipinski definition) is 4. The van der Waals surface area contributed by atoms with Gasteiger partial charge in [-0.2, -0.15) is 0 Å². The van der Waals surface area contributed by atoms with Crippen LogP contribution >= 0.6 is 11.8 Å². The number of hydrogen-bond donors (Lipinski definition) is 0. The van der Waals surface area contributed by atoms with Gasteiger partial charge in [-0.05, 0) is 30.4 Å². The number of nitrogens with zero attached hydrogens (tertiary/aromatic N) is 1. The van der Waals surface area contributed by atoms with Crippen molar-refractivity contribution >= 4 is 34.8 Å². The zero-order valence-electron chi connectivity index (χ0n) is 14.2. The molecule has 0 saturated carbocycles. The molecule has 128 valence electrons. The lowest BCUT2D eigenvalue weighted by molar-refractivity contribution is -0.119. The minimum absolute atomic E-state index is 0.289. The van der Waals surface area contributed by atoms with Gasteiger partial charge in [-0.25, -0.2) is 4.90 Å². The molecule has 0 bridgehead atoms. The maximum absolute atomic E-state index is 13.1. The molecule has 0 aliphatic carbocycles. The molecule has 2 aromatic carbocycles. The van der Waals surface area contributed by atoms with Crippen LogP contribution in [0.4, 0.5) is 5.69 Å². The molecule has 2 aromatic rings. The standard InChI is InChI=1S/C20H19NO3S/c1-3-24-16-13-9-8-12-15(16)21-19(22)17(14-10-6-5-7-11-14)18(20(21)23)25-4-2/h5-13H,3-4H2,1-2H3. The summed E-state index contributed by atoms with van der Waals surface area (Å²) in [5.74, 6) is 0.648. The Labute approximate surface area is 151 Å². The zero-order chi connectivity index (χ0) is 17.8. The molecule has 1 aliphatic rings. The van der Waals surface area contributed by atoms with Crippen molar-refractivity contribution in [2.45, 2.75) is 13.8 Å². The van der Waals surface area contributed by atoms with E-state index in [1.165, 1.54) is 16.7 Å². The summed E-state index contributed by atoms with van der Waals surface area (Å²) in [4.78, 5) is 27.9. The van der Waals surface area contributed by atoms with Gasteiger partial charge in [0.1, 0.15) is 5.75 Å². The molecule has 0 aromatic heterocycles. The average Bonchev–Trinajstić information content (AvgIpc) is 2.87. The normalized spacial score (nSPS) is 14.4. The fourth-order valence-electron chi connectivity index (χ4n) is 2.79. The molecule has 0 N–H and O–H groups in total. The number of thioether (sulfide) groups is 1. The van der Waals surface area contributed by atoms with Gasteiger partial charge < -0.3 is 4.74 Å². The predicted octanol–water partition coefficient (Wildman–Crippen LogP) is 4.12. The lowest BCUT2D eigenvalue weighted by Crippen LogP contribution is -2.31. The number of ether oxygens (including phenoxy) is 1. The quantitative estimate of drug-likeness (QED) is 0.733. The van der Waals surface area contributed by atoms with Gasteiger partial charge in [0.25, 0.3) is 11.8 Å². The number of benzene rings is 2. The van der Waals surface area contributed by atoms with Gasteiger partial charge >= 0.3 is 0 Å². The summed E-state index contributed by atoms with van der Waals surface area (Å²) in [7, 11) is 0. The number of para-hydroxylation sites is 2. The second kappa shape index (κ2) is 7.57. The third kappa shape index (κ3) is 3.20. The van der Waals surface area contributed by atoms with Gasteiger partial charge in [0.05, 0.1) is 22.8 Å². The summed E-state index contributed by atoms with van der Waals surface area (Å²) >= 11 is 1.40. The highest BCUT2D eigenvalue weighted by atomic mass is 32.2. The summed E-state index contributed by atoms with van der Waals surface area (Å²) in [5, 5.41) is 0. The van der Waals surface area contributed by atoms with Crippen LogP contribution in [0.15, 0.2) is 59.5 Å². The summed E-state index contributed by atoms with van der Waals surface area (Å²) in [6.07, 6.45) is 0. The molecule has 25 heavy (non-hydrogen) atoms. The van der Waals surface area contributed by atoms with E-state index in [2.05, 4.69) is 0 Å². The van der Waals surface area contributed by atoms with Crippen LogP contribution in [0.25, 0.3) is 5.57 Å². The maximum atomic E-state index is 13.1. The Hall–Kier alpha value is -2.53. The average molecular weight is 353 g/mol. The molecular formula is C20H19NO3S. The van der Waals surface area contributed by atoms with E-state index in [9.17, 15) is 9.59 Å². The highest BCUT2D eigenvalue weighted by Crippen LogP contribution is 2.40. The van der Waals surface area contributed by atoms with Gasteiger partial charge in [-0.15, -0.1) is 11.8 Å². The molecule has 5 heteroatoms. The Bertz CT molecular complexity index is 830. The van der Waals surface area contributed by atoms with Gasteiger partial charge in [0.15, 0.2) is 0 Å². The molecule has 0 saturated heterocycles. The van der Waals surface area contributed by atoms with Crippen molar-refractivity contribution < 1.29 is 14.3 Å². The monoisotopic (exact) mass is 353 g/mol. The van der Waals surface area contributed by atoms with Crippen LogP contribution in [0, 0.1) is 0 Å². The largest absolute Gasteiger partial charge is 0.492 e. The number of carbonyl (C=O) groups is 2. The Balaban J connectivity index is 2.09. The van der Waals surface area contributed by atoms with E-state index in [1.54, 1.807) is 18.2 Å². The predicted molar refractivity (Wildman–Crippen MR) is 102 cm³/mol. The van der Waals surface area contributed by atoms with Crippen molar-refractivity contribution in [2.75, 3.05) is 17.3 Å².